The Morgan fingerprint density at radius 3 is 2.37 bits per heavy atom. The van der Waals surface area contributed by atoms with Crippen molar-refractivity contribution in [2.45, 2.75) is 23.2 Å². The van der Waals surface area contributed by atoms with Gasteiger partial charge in [-0.1, -0.05) is 18.2 Å². The van der Waals surface area contributed by atoms with Crippen molar-refractivity contribution in [2.24, 2.45) is 0 Å². The average Bonchev–Trinajstić information content (AvgIpc) is 2.38. The number of sulfone groups is 1. The van der Waals surface area contributed by atoms with Crippen LogP contribution in [0.3, 0.4) is 0 Å². The highest BCUT2D eigenvalue weighted by Gasteiger charge is 2.44. The molecule has 1 aromatic rings. The molecule has 0 unspecified atom stereocenters. The molecule has 1 saturated heterocycles. The third-order valence-electron chi connectivity index (χ3n) is 3.56. The number of carboxylic acids is 1. The lowest BCUT2D eigenvalue weighted by molar-refractivity contribution is -0.147. The van der Waals surface area contributed by atoms with E-state index in [4.69, 9.17) is 4.74 Å². The summed E-state index contributed by atoms with van der Waals surface area (Å²) in [6, 6.07) is 6.33. The van der Waals surface area contributed by atoms with E-state index in [1.165, 1.54) is 6.07 Å². The van der Waals surface area contributed by atoms with Crippen molar-refractivity contribution < 1.29 is 23.1 Å². The molecule has 0 bridgehead atoms. The van der Waals surface area contributed by atoms with Crippen molar-refractivity contribution in [1.82, 2.24) is 0 Å². The minimum Gasteiger partial charge on any atom is -0.481 e. The van der Waals surface area contributed by atoms with E-state index in [9.17, 15) is 18.3 Å². The molecular formula is C13H16O5S. The van der Waals surface area contributed by atoms with Gasteiger partial charge in [-0.05, 0) is 24.5 Å². The molecule has 5 nitrogen and oxygen atoms in total. The zero-order valence-electron chi connectivity index (χ0n) is 10.6. The van der Waals surface area contributed by atoms with Crippen LogP contribution in [0.25, 0.3) is 0 Å². The van der Waals surface area contributed by atoms with Crippen LogP contribution in [-0.4, -0.2) is 39.0 Å². The van der Waals surface area contributed by atoms with Gasteiger partial charge in [-0.25, -0.2) is 8.42 Å². The van der Waals surface area contributed by atoms with Crippen LogP contribution in [0.5, 0.6) is 0 Å². The van der Waals surface area contributed by atoms with Crippen molar-refractivity contribution in [3.05, 3.63) is 29.8 Å². The second-order valence-corrected chi connectivity index (χ2v) is 6.75. The van der Waals surface area contributed by atoms with E-state index in [1.54, 1.807) is 18.2 Å². The largest absolute Gasteiger partial charge is 0.481 e. The lowest BCUT2D eigenvalue weighted by atomic mass is 9.74. The zero-order chi connectivity index (χ0) is 14.1. The first-order valence-corrected chi connectivity index (χ1v) is 7.88. The number of ether oxygens (including phenoxy) is 1. The van der Waals surface area contributed by atoms with Crippen LogP contribution in [0.1, 0.15) is 18.4 Å². The van der Waals surface area contributed by atoms with Gasteiger partial charge in [-0.15, -0.1) is 0 Å². The highest BCUT2D eigenvalue weighted by Crippen LogP contribution is 2.38. The summed E-state index contributed by atoms with van der Waals surface area (Å²) in [5.41, 5.74) is -0.800. The first kappa shape index (κ1) is 14.0. The molecule has 1 aliphatic heterocycles. The fourth-order valence-corrected chi connectivity index (χ4v) is 3.49. The second kappa shape index (κ2) is 4.94. The summed E-state index contributed by atoms with van der Waals surface area (Å²) in [5.74, 6) is -0.994. The molecule has 19 heavy (non-hydrogen) atoms. The summed E-state index contributed by atoms with van der Waals surface area (Å²) in [6.45, 7) is 0.648. The average molecular weight is 284 g/mol. The number of rotatable bonds is 3. The van der Waals surface area contributed by atoms with Crippen molar-refractivity contribution in [3.63, 3.8) is 0 Å². The Morgan fingerprint density at radius 2 is 1.84 bits per heavy atom. The summed E-state index contributed by atoms with van der Waals surface area (Å²) >= 11 is 0. The summed E-state index contributed by atoms with van der Waals surface area (Å²) in [4.78, 5) is 11.8. The van der Waals surface area contributed by atoms with Crippen molar-refractivity contribution >= 4 is 15.8 Å². The minimum absolute atomic E-state index is 0.0966. The molecule has 6 heteroatoms. The third kappa shape index (κ3) is 2.50. The maximum atomic E-state index is 11.8. The van der Waals surface area contributed by atoms with Gasteiger partial charge >= 0.3 is 5.97 Å². The van der Waals surface area contributed by atoms with Crippen molar-refractivity contribution in [1.29, 1.82) is 0 Å². The van der Waals surface area contributed by atoms with E-state index in [1.807, 2.05) is 0 Å². The molecule has 0 atom stereocenters. The van der Waals surface area contributed by atoms with E-state index in [2.05, 4.69) is 0 Å². The molecule has 1 aromatic carbocycles. The van der Waals surface area contributed by atoms with Gasteiger partial charge in [0.2, 0.25) is 0 Å². The van der Waals surface area contributed by atoms with Gasteiger partial charge in [0, 0.05) is 19.5 Å². The molecule has 1 N–H and O–H groups in total. The maximum Gasteiger partial charge on any atom is 0.314 e. The number of aliphatic carboxylic acids is 1. The Morgan fingerprint density at radius 1 is 1.26 bits per heavy atom. The predicted octanol–water partition coefficient (Wildman–Crippen LogP) is 1.22. The normalized spacial score (nSPS) is 19.0. The molecule has 0 aliphatic carbocycles. The number of benzene rings is 1. The van der Waals surface area contributed by atoms with Crippen LogP contribution in [0.4, 0.5) is 0 Å². The zero-order valence-corrected chi connectivity index (χ0v) is 11.4. The molecule has 0 radical (unpaired) electrons. The molecule has 0 spiro atoms. The van der Waals surface area contributed by atoms with Gasteiger partial charge in [0.05, 0.1) is 10.3 Å². The van der Waals surface area contributed by atoms with Gasteiger partial charge in [0.1, 0.15) is 0 Å². The van der Waals surface area contributed by atoms with E-state index < -0.39 is 21.2 Å². The first-order chi connectivity index (χ1) is 8.88. The Bertz CT molecular complexity index is 585. The predicted molar refractivity (Wildman–Crippen MR) is 68.9 cm³/mol. The SMILES string of the molecule is CS(=O)(=O)c1ccccc1C1(C(=O)O)CCOCC1. The molecule has 1 fully saturated rings. The van der Waals surface area contributed by atoms with Crippen molar-refractivity contribution in [2.75, 3.05) is 19.5 Å². The molecular weight excluding hydrogens is 268 g/mol. The van der Waals surface area contributed by atoms with Crippen LogP contribution in [0, 0.1) is 0 Å². The molecule has 0 amide bonds. The molecule has 2 rings (SSSR count). The van der Waals surface area contributed by atoms with Crippen molar-refractivity contribution in [3.8, 4) is 0 Å². The maximum absolute atomic E-state index is 11.8. The fourth-order valence-electron chi connectivity index (χ4n) is 2.50. The summed E-state index contributed by atoms with van der Waals surface area (Å²) in [7, 11) is -3.46. The highest BCUT2D eigenvalue weighted by molar-refractivity contribution is 7.90. The monoisotopic (exact) mass is 284 g/mol. The van der Waals surface area contributed by atoms with Gasteiger partial charge in [-0.2, -0.15) is 0 Å². The first-order valence-electron chi connectivity index (χ1n) is 5.99. The minimum atomic E-state index is -3.46. The fraction of sp³-hybridized carbons (Fsp3) is 0.462. The van der Waals surface area contributed by atoms with Gasteiger partial charge < -0.3 is 9.84 Å². The standard InChI is InChI=1S/C13H16O5S/c1-19(16,17)11-5-3-2-4-10(11)13(12(14)15)6-8-18-9-7-13/h2-5H,6-9H2,1H3,(H,14,15). The third-order valence-corrected chi connectivity index (χ3v) is 4.71. The quantitative estimate of drug-likeness (QED) is 0.902. The van der Waals surface area contributed by atoms with E-state index in [0.29, 0.717) is 18.8 Å². The molecule has 0 aromatic heterocycles. The Kier molecular flexibility index (Phi) is 3.64. The summed E-state index contributed by atoms with van der Waals surface area (Å²) < 4.78 is 28.9. The van der Waals surface area contributed by atoms with Crippen LogP contribution in [-0.2, 0) is 24.8 Å². The highest BCUT2D eigenvalue weighted by atomic mass is 32.2. The van der Waals surface area contributed by atoms with Crippen LogP contribution in [0.15, 0.2) is 29.2 Å². The summed E-state index contributed by atoms with van der Waals surface area (Å²) in [6.07, 6.45) is 1.67. The van der Waals surface area contributed by atoms with E-state index >= 15 is 0 Å². The number of hydrogen-bond donors (Lipinski definition) is 1. The topological polar surface area (TPSA) is 80.7 Å². The van der Waals surface area contributed by atoms with E-state index in [0.717, 1.165) is 6.26 Å². The number of carbonyl (C=O) groups is 1. The Balaban J connectivity index is 2.64. The molecule has 0 saturated carbocycles. The van der Waals surface area contributed by atoms with Gasteiger partial charge in [0.25, 0.3) is 0 Å². The summed E-state index contributed by atoms with van der Waals surface area (Å²) in [5, 5.41) is 9.58. The van der Waals surface area contributed by atoms with Crippen LogP contribution >= 0.6 is 0 Å². The lowest BCUT2D eigenvalue weighted by Gasteiger charge is -2.34. The molecule has 104 valence electrons. The Labute approximate surface area is 112 Å². The Hall–Kier alpha value is -1.40. The van der Waals surface area contributed by atoms with Crippen LogP contribution < -0.4 is 0 Å². The number of carboxylic acid groups (broad SMARTS) is 1. The van der Waals surface area contributed by atoms with Crippen LogP contribution in [0.2, 0.25) is 0 Å². The smallest absolute Gasteiger partial charge is 0.314 e. The van der Waals surface area contributed by atoms with Gasteiger partial charge in [0.15, 0.2) is 9.84 Å². The lowest BCUT2D eigenvalue weighted by Crippen LogP contribution is -2.42. The second-order valence-electron chi connectivity index (χ2n) is 4.77. The number of hydrogen-bond acceptors (Lipinski definition) is 4. The van der Waals surface area contributed by atoms with Gasteiger partial charge in [-0.3, -0.25) is 4.79 Å². The van der Waals surface area contributed by atoms with E-state index in [-0.39, 0.29) is 17.7 Å². The molecule has 1 heterocycles. The molecule has 1 aliphatic rings.